The van der Waals surface area contributed by atoms with E-state index in [1.54, 1.807) is 19.1 Å². The highest BCUT2D eigenvalue weighted by atomic mass is 16.5. The van der Waals surface area contributed by atoms with Gasteiger partial charge in [-0.2, -0.15) is 0 Å². The molecule has 0 unspecified atom stereocenters. The van der Waals surface area contributed by atoms with E-state index >= 15 is 0 Å². The third kappa shape index (κ3) is 10.5. The number of rotatable bonds is 12. The Labute approximate surface area is 109 Å². The van der Waals surface area contributed by atoms with Crippen LogP contribution in [0.2, 0.25) is 0 Å². The van der Waals surface area contributed by atoms with Crippen molar-refractivity contribution in [2.45, 2.75) is 12.8 Å². The smallest absolute Gasteiger partial charge is 0.248 e. The molecule has 0 aromatic rings. The predicted molar refractivity (Wildman–Crippen MR) is 69.4 cm³/mol. The van der Waals surface area contributed by atoms with Crippen LogP contribution in [-0.4, -0.2) is 71.1 Å². The Morgan fingerprint density at radius 3 is 2.50 bits per heavy atom. The Morgan fingerprint density at radius 2 is 1.83 bits per heavy atom. The molecule has 18 heavy (non-hydrogen) atoms. The van der Waals surface area contributed by atoms with Crippen LogP contribution in [0.4, 0.5) is 0 Å². The molecule has 0 aromatic heterocycles. The fourth-order valence-electron chi connectivity index (χ4n) is 1.23. The van der Waals surface area contributed by atoms with E-state index in [2.05, 4.69) is 0 Å². The fourth-order valence-corrected chi connectivity index (χ4v) is 1.23. The number of methoxy groups -OCH3 is 1. The van der Waals surface area contributed by atoms with Gasteiger partial charge in [0.15, 0.2) is 0 Å². The minimum Gasteiger partial charge on any atom is -0.382 e. The van der Waals surface area contributed by atoms with Gasteiger partial charge >= 0.3 is 0 Å². The highest BCUT2D eigenvalue weighted by Gasteiger charge is 2.07. The SMILES string of the molecule is COCCOCCCOCC(=O)N(C)CCCN. The predicted octanol–water partition coefficient (Wildman–Crippen LogP) is -0.137. The minimum absolute atomic E-state index is 0.0104. The minimum atomic E-state index is -0.0104. The molecule has 108 valence electrons. The summed E-state index contributed by atoms with van der Waals surface area (Å²) in [7, 11) is 3.40. The summed E-state index contributed by atoms with van der Waals surface area (Å²) in [6.45, 7) is 3.75. The summed E-state index contributed by atoms with van der Waals surface area (Å²) in [6.07, 6.45) is 1.60. The van der Waals surface area contributed by atoms with Crippen molar-refractivity contribution in [3.8, 4) is 0 Å². The Morgan fingerprint density at radius 1 is 1.11 bits per heavy atom. The summed E-state index contributed by atoms with van der Waals surface area (Å²) < 4.78 is 15.4. The standard InChI is InChI=1S/C12H26N2O4/c1-14(6-3-5-13)12(15)11-18-8-4-7-17-10-9-16-2/h3-11,13H2,1-2H3. The van der Waals surface area contributed by atoms with Gasteiger partial charge in [0.1, 0.15) is 6.61 Å². The van der Waals surface area contributed by atoms with E-state index in [4.69, 9.17) is 19.9 Å². The average Bonchev–Trinajstić information content (AvgIpc) is 2.38. The van der Waals surface area contributed by atoms with Crippen LogP contribution in [0.3, 0.4) is 0 Å². The van der Waals surface area contributed by atoms with Crippen molar-refractivity contribution in [3.63, 3.8) is 0 Å². The zero-order valence-electron chi connectivity index (χ0n) is 11.5. The number of hydrogen-bond donors (Lipinski definition) is 1. The van der Waals surface area contributed by atoms with Crippen LogP contribution in [0.25, 0.3) is 0 Å². The van der Waals surface area contributed by atoms with Crippen molar-refractivity contribution < 1.29 is 19.0 Å². The van der Waals surface area contributed by atoms with Gasteiger partial charge in [-0.15, -0.1) is 0 Å². The molecule has 0 aromatic carbocycles. The quantitative estimate of drug-likeness (QED) is 0.496. The molecule has 0 fully saturated rings. The van der Waals surface area contributed by atoms with E-state index in [0.717, 1.165) is 12.8 Å². The van der Waals surface area contributed by atoms with Gasteiger partial charge in [-0.05, 0) is 19.4 Å². The van der Waals surface area contributed by atoms with Crippen LogP contribution in [0.1, 0.15) is 12.8 Å². The first-order chi connectivity index (χ1) is 8.72. The average molecular weight is 262 g/mol. The molecule has 6 nitrogen and oxygen atoms in total. The summed E-state index contributed by atoms with van der Waals surface area (Å²) >= 11 is 0. The second kappa shape index (κ2) is 12.8. The largest absolute Gasteiger partial charge is 0.382 e. The lowest BCUT2D eigenvalue weighted by Crippen LogP contribution is -2.32. The zero-order chi connectivity index (χ0) is 13.6. The molecule has 0 rings (SSSR count). The molecule has 0 heterocycles. The van der Waals surface area contributed by atoms with E-state index in [0.29, 0.717) is 39.5 Å². The molecule has 2 N–H and O–H groups in total. The monoisotopic (exact) mass is 262 g/mol. The topological polar surface area (TPSA) is 74.0 Å². The van der Waals surface area contributed by atoms with Crippen molar-refractivity contribution in [1.82, 2.24) is 4.90 Å². The van der Waals surface area contributed by atoms with Gasteiger partial charge in [-0.1, -0.05) is 0 Å². The lowest BCUT2D eigenvalue weighted by molar-refractivity contribution is -0.135. The summed E-state index contributed by atoms with van der Waals surface area (Å²) in [5, 5.41) is 0. The van der Waals surface area contributed by atoms with Crippen LogP contribution < -0.4 is 5.73 Å². The lowest BCUT2D eigenvalue weighted by atomic mass is 10.4. The molecule has 0 aliphatic rings. The van der Waals surface area contributed by atoms with E-state index in [9.17, 15) is 4.79 Å². The van der Waals surface area contributed by atoms with E-state index in [-0.39, 0.29) is 12.5 Å². The number of amides is 1. The van der Waals surface area contributed by atoms with Crippen molar-refractivity contribution in [2.24, 2.45) is 5.73 Å². The second-order valence-corrected chi connectivity index (χ2v) is 3.97. The maximum Gasteiger partial charge on any atom is 0.248 e. The van der Waals surface area contributed by atoms with Gasteiger partial charge in [0.2, 0.25) is 5.91 Å². The molecule has 0 aliphatic heterocycles. The molecular formula is C12H26N2O4. The number of ether oxygens (including phenoxy) is 3. The van der Waals surface area contributed by atoms with Gasteiger partial charge < -0.3 is 24.8 Å². The molecule has 6 heteroatoms. The first-order valence-corrected chi connectivity index (χ1v) is 6.30. The van der Waals surface area contributed by atoms with Gasteiger partial charge in [-0.3, -0.25) is 4.79 Å². The Hall–Kier alpha value is -0.690. The summed E-state index contributed by atoms with van der Waals surface area (Å²) in [4.78, 5) is 13.2. The summed E-state index contributed by atoms with van der Waals surface area (Å²) in [5.74, 6) is -0.0104. The third-order valence-corrected chi connectivity index (χ3v) is 2.36. The molecule has 0 aliphatic carbocycles. The van der Waals surface area contributed by atoms with Crippen molar-refractivity contribution in [1.29, 1.82) is 0 Å². The number of nitrogens with two attached hydrogens (primary N) is 1. The van der Waals surface area contributed by atoms with Gasteiger partial charge in [-0.25, -0.2) is 0 Å². The van der Waals surface area contributed by atoms with E-state index < -0.39 is 0 Å². The van der Waals surface area contributed by atoms with Gasteiger partial charge in [0.05, 0.1) is 13.2 Å². The lowest BCUT2D eigenvalue weighted by Gasteiger charge is -2.16. The Bertz CT molecular complexity index is 203. The number of carbonyl (C=O) groups is 1. The van der Waals surface area contributed by atoms with Gasteiger partial charge in [0.25, 0.3) is 0 Å². The number of carbonyl (C=O) groups excluding carboxylic acids is 1. The van der Waals surface area contributed by atoms with Crippen molar-refractivity contribution in [2.75, 3.05) is 60.3 Å². The van der Waals surface area contributed by atoms with E-state index in [1.807, 2.05) is 0 Å². The summed E-state index contributed by atoms with van der Waals surface area (Å²) in [6, 6.07) is 0. The second-order valence-electron chi connectivity index (χ2n) is 3.97. The van der Waals surface area contributed by atoms with Crippen LogP contribution >= 0.6 is 0 Å². The highest BCUT2D eigenvalue weighted by molar-refractivity contribution is 5.77. The molecule has 0 bridgehead atoms. The fraction of sp³-hybridized carbons (Fsp3) is 0.917. The molecule has 0 saturated heterocycles. The molecule has 0 atom stereocenters. The molecule has 1 amide bonds. The number of hydrogen-bond acceptors (Lipinski definition) is 5. The summed E-state index contributed by atoms with van der Waals surface area (Å²) in [5.41, 5.74) is 5.37. The molecule has 0 saturated carbocycles. The zero-order valence-corrected chi connectivity index (χ0v) is 11.5. The van der Waals surface area contributed by atoms with Crippen LogP contribution in [-0.2, 0) is 19.0 Å². The Balaban J connectivity index is 3.29. The first-order valence-electron chi connectivity index (χ1n) is 6.30. The maximum absolute atomic E-state index is 11.5. The number of likely N-dealkylation sites (N-methyl/N-ethyl adjacent to an activating group) is 1. The van der Waals surface area contributed by atoms with Crippen LogP contribution in [0.5, 0.6) is 0 Å². The van der Waals surface area contributed by atoms with Crippen molar-refractivity contribution >= 4 is 5.91 Å². The Kier molecular flexibility index (Phi) is 12.3. The van der Waals surface area contributed by atoms with Gasteiger partial charge in [0, 0.05) is 33.9 Å². The molecule has 0 radical (unpaired) electrons. The van der Waals surface area contributed by atoms with Crippen LogP contribution in [0, 0.1) is 0 Å². The normalized spacial score (nSPS) is 10.6. The number of nitrogens with zero attached hydrogens (tertiary/aromatic N) is 1. The van der Waals surface area contributed by atoms with E-state index in [1.165, 1.54) is 0 Å². The third-order valence-electron chi connectivity index (χ3n) is 2.36. The molecular weight excluding hydrogens is 236 g/mol. The molecule has 0 spiro atoms. The first kappa shape index (κ1) is 17.3. The van der Waals surface area contributed by atoms with Crippen molar-refractivity contribution in [3.05, 3.63) is 0 Å². The van der Waals surface area contributed by atoms with Crippen LogP contribution in [0.15, 0.2) is 0 Å². The highest BCUT2D eigenvalue weighted by Crippen LogP contribution is 1.91. The maximum atomic E-state index is 11.5.